The van der Waals surface area contributed by atoms with Crippen molar-refractivity contribution in [3.63, 3.8) is 0 Å². The molecule has 0 saturated carbocycles. The summed E-state index contributed by atoms with van der Waals surface area (Å²) in [5.41, 5.74) is 0.555. The molecule has 0 aliphatic carbocycles. The maximum absolute atomic E-state index is 11.9. The minimum atomic E-state index is -1.82. The van der Waals surface area contributed by atoms with Gasteiger partial charge in [0.1, 0.15) is 12.1 Å². The molecule has 0 radical (unpaired) electrons. The fourth-order valence-corrected chi connectivity index (χ4v) is 6.67. The van der Waals surface area contributed by atoms with Crippen LogP contribution in [0.4, 0.5) is 0 Å². The Morgan fingerprint density at radius 2 is 1.57 bits per heavy atom. The molecule has 0 aromatic heterocycles. The first-order chi connectivity index (χ1) is 9.35. The van der Waals surface area contributed by atoms with Crippen molar-refractivity contribution >= 4 is 22.5 Å². The molecule has 0 aromatic carbocycles. The molecule has 1 fully saturated rings. The van der Waals surface area contributed by atoms with E-state index in [0.717, 1.165) is 0 Å². The van der Waals surface area contributed by atoms with Gasteiger partial charge in [-0.25, -0.2) is 0 Å². The Bertz CT molecular complexity index is 380. The second kappa shape index (κ2) is 6.52. The summed E-state index contributed by atoms with van der Waals surface area (Å²) in [4.78, 5) is 11.9. The van der Waals surface area contributed by atoms with Gasteiger partial charge in [-0.2, -0.15) is 0 Å². The number of β-lactam (4-membered cyclic amide) rings is 1. The monoisotopic (exact) mass is 331 g/mol. The van der Waals surface area contributed by atoms with E-state index in [4.69, 9.17) is 8.85 Å². The van der Waals surface area contributed by atoms with E-state index >= 15 is 0 Å². The van der Waals surface area contributed by atoms with Crippen LogP contribution in [0.1, 0.15) is 27.7 Å². The minimum Gasteiger partial charge on any atom is -0.413 e. The first-order valence-electron chi connectivity index (χ1n) is 8.01. The van der Waals surface area contributed by atoms with E-state index in [2.05, 4.69) is 58.8 Å². The molecule has 1 heterocycles. The standard InChI is InChI=1S/C15H33NO3Si2/c1-10(2)12(4)21(8,9)18-11(3)13-14(17)16-15(13)19-20(5,6)7/h10-13,15H,1-9H3,(H,16,17). The molecule has 124 valence electrons. The Morgan fingerprint density at radius 3 is 1.95 bits per heavy atom. The number of carbonyl (C=O) groups is 1. The topological polar surface area (TPSA) is 47.6 Å². The smallest absolute Gasteiger partial charge is 0.232 e. The van der Waals surface area contributed by atoms with Gasteiger partial charge in [-0.15, -0.1) is 0 Å². The summed E-state index contributed by atoms with van der Waals surface area (Å²) in [5, 5.41) is 2.88. The molecule has 4 atom stereocenters. The average molecular weight is 332 g/mol. The quantitative estimate of drug-likeness (QED) is 0.573. The lowest BCUT2D eigenvalue weighted by Crippen LogP contribution is -2.66. The number of rotatable bonds is 7. The summed E-state index contributed by atoms with van der Waals surface area (Å²) in [6, 6.07) is 0. The molecule has 4 nitrogen and oxygen atoms in total. The van der Waals surface area contributed by atoms with Crippen LogP contribution in [0.15, 0.2) is 0 Å². The van der Waals surface area contributed by atoms with Crippen LogP contribution in [0.3, 0.4) is 0 Å². The fraction of sp³-hybridized carbons (Fsp3) is 0.933. The second-order valence-electron chi connectivity index (χ2n) is 8.14. The maximum atomic E-state index is 11.9. The highest BCUT2D eigenvalue weighted by molar-refractivity contribution is 6.72. The van der Waals surface area contributed by atoms with Crippen LogP contribution in [0, 0.1) is 11.8 Å². The molecular formula is C15H33NO3Si2. The third-order valence-corrected chi connectivity index (χ3v) is 9.29. The summed E-state index contributed by atoms with van der Waals surface area (Å²) < 4.78 is 12.4. The first kappa shape index (κ1) is 18.9. The Kier molecular flexibility index (Phi) is 5.86. The predicted molar refractivity (Wildman–Crippen MR) is 92.1 cm³/mol. The first-order valence-corrected chi connectivity index (χ1v) is 14.4. The van der Waals surface area contributed by atoms with Crippen LogP contribution < -0.4 is 5.32 Å². The van der Waals surface area contributed by atoms with Crippen LogP contribution >= 0.6 is 0 Å². The second-order valence-corrected chi connectivity index (χ2v) is 17.0. The Morgan fingerprint density at radius 1 is 1.05 bits per heavy atom. The van der Waals surface area contributed by atoms with Crippen molar-refractivity contribution in [3.8, 4) is 0 Å². The van der Waals surface area contributed by atoms with E-state index in [1.807, 2.05) is 6.92 Å². The molecule has 1 N–H and O–H groups in total. The van der Waals surface area contributed by atoms with Gasteiger partial charge in [0.25, 0.3) is 0 Å². The molecule has 0 bridgehead atoms. The predicted octanol–water partition coefficient (Wildman–Crippen LogP) is 3.57. The van der Waals surface area contributed by atoms with Gasteiger partial charge in [-0.05, 0) is 51.1 Å². The summed E-state index contributed by atoms with van der Waals surface area (Å²) in [5.74, 6) is 0.499. The lowest BCUT2D eigenvalue weighted by atomic mass is 9.94. The highest BCUT2D eigenvalue weighted by Gasteiger charge is 2.48. The molecular weight excluding hydrogens is 298 g/mol. The van der Waals surface area contributed by atoms with E-state index in [9.17, 15) is 4.79 Å². The van der Waals surface area contributed by atoms with Gasteiger partial charge in [0.2, 0.25) is 5.91 Å². The molecule has 0 spiro atoms. The van der Waals surface area contributed by atoms with Gasteiger partial charge < -0.3 is 14.2 Å². The molecule has 1 amide bonds. The molecule has 6 heteroatoms. The zero-order chi connectivity index (χ0) is 16.6. The third kappa shape index (κ3) is 4.91. The number of hydrogen-bond donors (Lipinski definition) is 1. The highest BCUT2D eigenvalue weighted by atomic mass is 28.4. The van der Waals surface area contributed by atoms with Crippen molar-refractivity contribution in [2.75, 3.05) is 0 Å². The van der Waals surface area contributed by atoms with Crippen molar-refractivity contribution in [1.29, 1.82) is 0 Å². The molecule has 1 saturated heterocycles. The van der Waals surface area contributed by atoms with Gasteiger partial charge in [-0.3, -0.25) is 4.79 Å². The van der Waals surface area contributed by atoms with E-state index in [-0.39, 0.29) is 24.2 Å². The normalized spacial score (nSPS) is 26.3. The third-order valence-electron chi connectivity index (χ3n) is 4.49. The molecule has 1 rings (SSSR count). The molecule has 1 aliphatic rings. The molecule has 4 unspecified atom stereocenters. The van der Waals surface area contributed by atoms with Gasteiger partial charge in [0.05, 0.1) is 6.10 Å². The van der Waals surface area contributed by atoms with E-state index < -0.39 is 16.6 Å². The SMILES string of the molecule is CC(C)C(C)[Si](C)(C)OC(C)C1C(=O)NC1O[Si](C)(C)C. The van der Waals surface area contributed by atoms with E-state index in [1.54, 1.807) is 0 Å². The summed E-state index contributed by atoms with van der Waals surface area (Å²) >= 11 is 0. The number of hydrogen-bond acceptors (Lipinski definition) is 3. The van der Waals surface area contributed by atoms with Gasteiger partial charge >= 0.3 is 0 Å². The fourth-order valence-electron chi connectivity index (χ4n) is 2.77. The summed E-state index contributed by atoms with van der Waals surface area (Å²) in [6.07, 6.45) is -0.249. The zero-order valence-electron chi connectivity index (χ0n) is 15.1. The Balaban J connectivity index is 2.69. The Labute approximate surface area is 132 Å². The zero-order valence-corrected chi connectivity index (χ0v) is 17.1. The van der Waals surface area contributed by atoms with Crippen LogP contribution in [0.2, 0.25) is 38.3 Å². The van der Waals surface area contributed by atoms with Crippen molar-refractivity contribution in [2.24, 2.45) is 11.8 Å². The van der Waals surface area contributed by atoms with Crippen molar-refractivity contribution < 1.29 is 13.6 Å². The van der Waals surface area contributed by atoms with Crippen molar-refractivity contribution in [2.45, 2.75) is 78.3 Å². The van der Waals surface area contributed by atoms with Crippen molar-refractivity contribution in [3.05, 3.63) is 0 Å². The lowest BCUT2D eigenvalue weighted by molar-refractivity contribution is -0.151. The van der Waals surface area contributed by atoms with E-state index in [0.29, 0.717) is 11.5 Å². The van der Waals surface area contributed by atoms with Crippen LogP contribution in [0.5, 0.6) is 0 Å². The van der Waals surface area contributed by atoms with Crippen LogP contribution in [0.25, 0.3) is 0 Å². The molecule has 0 aromatic rings. The van der Waals surface area contributed by atoms with Crippen LogP contribution in [-0.2, 0) is 13.6 Å². The van der Waals surface area contributed by atoms with E-state index in [1.165, 1.54) is 0 Å². The van der Waals surface area contributed by atoms with Crippen LogP contribution in [-0.4, -0.2) is 34.9 Å². The van der Waals surface area contributed by atoms with Gasteiger partial charge in [0.15, 0.2) is 16.6 Å². The minimum absolute atomic E-state index is 0.0627. The maximum Gasteiger partial charge on any atom is 0.232 e. The summed E-state index contributed by atoms with van der Waals surface area (Å²) in [7, 11) is -3.48. The lowest BCUT2D eigenvalue weighted by Gasteiger charge is -2.45. The largest absolute Gasteiger partial charge is 0.413 e. The summed E-state index contributed by atoms with van der Waals surface area (Å²) in [6.45, 7) is 19.7. The van der Waals surface area contributed by atoms with Gasteiger partial charge in [-0.1, -0.05) is 20.8 Å². The van der Waals surface area contributed by atoms with Gasteiger partial charge in [0, 0.05) is 0 Å². The number of amides is 1. The Hall–Kier alpha value is -0.176. The highest BCUT2D eigenvalue weighted by Crippen LogP contribution is 2.34. The number of carbonyl (C=O) groups excluding carboxylic acids is 1. The molecule has 21 heavy (non-hydrogen) atoms. The molecule has 1 aliphatic heterocycles. The number of nitrogens with one attached hydrogen (secondary N) is 1. The average Bonchev–Trinajstić information content (AvgIpc) is 2.23. The van der Waals surface area contributed by atoms with Crippen molar-refractivity contribution in [1.82, 2.24) is 5.32 Å².